The fraction of sp³-hybridized carbons (Fsp3) is 0.250. The van der Waals surface area contributed by atoms with Crippen LogP contribution in [-0.4, -0.2) is 17.4 Å². The van der Waals surface area contributed by atoms with Gasteiger partial charge >= 0.3 is 0 Å². The van der Waals surface area contributed by atoms with Crippen LogP contribution >= 0.6 is 23.2 Å². The van der Waals surface area contributed by atoms with Crippen molar-refractivity contribution in [3.05, 3.63) is 69.8 Å². The largest absolute Gasteiger partial charge is 0.361 e. The van der Waals surface area contributed by atoms with E-state index in [1.54, 1.807) is 6.07 Å². The smallest absolute Gasteiger partial charge is 0.223 e. The molecule has 1 aromatic heterocycles. The Morgan fingerprint density at radius 2 is 1.96 bits per heavy atom. The van der Waals surface area contributed by atoms with Crippen LogP contribution in [0.4, 0.5) is 0 Å². The van der Waals surface area contributed by atoms with Gasteiger partial charge in [0, 0.05) is 45.5 Å². The summed E-state index contributed by atoms with van der Waals surface area (Å²) >= 11 is 12.5. The summed E-state index contributed by atoms with van der Waals surface area (Å²) in [5.74, 6) is 0.280. The fourth-order valence-corrected chi connectivity index (χ4v) is 3.79. The Bertz CT molecular complexity index is 930. The van der Waals surface area contributed by atoms with Crippen molar-refractivity contribution >= 4 is 40.0 Å². The van der Waals surface area contributed by atoms with Gasteiger partial charge in [0.15, 0.2) is 0 Å². The Morgan fingerprint density at radius 3 is 2.72 bits per heavy atom. The Balaban J connectivity index is 1.73. The molecule has 0 spiro atoms. The second-order valence-electron chi connectivity index (χ2n) is 6.53. The Morgan fingerprint density at radius 1 is 1.16 bits per heavy atom. The van der Waals surface area contributed by atoms with E-state index in [1.165, 1.54) is 0 Å². The van der Waals surface area contributed by atoms with Gasteiger partial charge in [0.2, 0.25) is 5.91 Å². The van der Waals surface area contributed by atoms with E-state index < -0.39 is 0 Å². The van der Waals surface area contributed by atoms with E-state index in [2.05, 4.69) is 16.4 Å². The second kappa shape index (κ2) is 6.74. The number of amides is 1. The Kier molecular flexibility index (Phi) is 4.45. The summed E-state index contributed by atoms with van der Waals surface area (Å²) in [7, 11) is 0. The predicted octanol–water partition coefficient (Wildman–Crippen LogP) is 5.13. The van der Waals surface area contributed by atoms with Gasteiger partial charge in [-0.2, -0.15) is 0 Å². The van der Waals surface area contributed by atoms with Gasteiger partial charge in [0.25, 0.3) is 0 Å². The molecule has 1 saturated carbocycles. The summed E-state index contributed by atoms with van der Waals surface area (Å²) in [6.45, 7) is 0.512. The van der Waals surface area contributed by atoms with E-state index in [0.29, 0.717) is 16.6 Å². The lowest BCUT2D eigenvalue weighted by molar-refractivity contribution is -0.122. The zero-order chi connectivity index (χ0) is 17.4. The molecule has 5 heteroatoms. The first-order chi connectivity index (χ1) is 12.1. The van der Waals surface area contributed by atoms with Crippen LogP contribution in [0.5, 0.6) is 0 Å². The van der Waals surface area contributed by atoms with Crippen molar-refractivity contribution in [1.29, 1.82) is 0 Å². The number of halogens is 2. The highest BCUT2D eigenvalue weighted by atomic mass is 35.5. The third kappa shape index (κ3) is 3.39. The minimum atomic E-state index is -0.0383. The molecule has 25 heavy (non-hydrogen) atoms. The number of fused-ring (bicyclic) bond motifs is 1. The molecule has 3 nitrogen and oxygen atoms in total. The molecule has 0 aliphatic heterocycles. The number of para-hydroxylation sites is 1. The van der Waals surface area contributed by atoms with Gasteiger partial charge in [-0.15, -0.1) is 0 Å². The maximum absolute atomic E-state index is 12.1. The number of aromatic amines is 1. The van der Waals surface area contributed by atoms with E-state index in [4.69, 9.17) is 23.2 Å². The van der Waals surface area contributed by atoms with Crippen LogP contribution in [0.3, 0.4) is 0 Å². The molecule has 2 N–H and O–H groups in total. The molecule has 1 unspecified atom stereocenters. The minimum absolute atomic E-state index is 0.0383. The predicted molar refractivity (Wildman–Crippen MR) is 102 cm³/mol. The molecule has 1 atom stereocenters. The van der Waals surface area contributed by atoms with Crippen LogP contribution in [0, 0.1) is 5.92 Å². The van der Waals surface area contributed by atoms with Crippen LogP contribution in [-0.2, 0) is 4.79 Å². The summed E-state index contributed by atoms with van der Waals surface area (Å²) in [5.41, 5.74) is 3.16. The van der Waals surface area contributed by atoms with E-state index in [1.807, 2.05) is 36.5 Å². The van der Waals surface area contributed by atoms with Crippen molar-refractivity contribution in [3.8, 4) is 0 Å². The van der Waals surface area contributed by atoms with Crippen molar-refractivity contribution in [2.75, 3.05) is 6.54 Å². The van der Waals surface area contributed by atoms with Gasteiger partial charge in [-0.3, -0.25) is 4.79 Å². The van der Waals surface area contributed by atoms with Gasteiger partial charge in [0.1, 0.15) is 0 Å². The van der Waals surface area contributed by atoms with Crippen LogP contribution in [0.1, 0.15) is 29.9 Å². The molecule has 1 heterocycles. The first kappa shape index (κ1) is 16.5. The molecular weight excluding hydrogens is 355 g/mol. The van der Waals surface area contributed by atoms with Gasteiger partial charge in [-0.1, -0.05) is 47.5 Å². The summed E-state index contributed by atoms with van der Waals surface area (Å²) in [5, 5.41) is 5.45. The monoisotopic (exact) mass is 372 g/mol. The molecule has 0 saturated heterocycles. The first-order valence-corrected chi connectivity index (χ1v) is 9.18. The fourth-order valence-electron chi connectivity index (χ4n) is 3.25. The molecule has 1 fully saturated rings. The zero-order valence-corrected chi connectivity index (χ0v) is 15.1. The number of carbonyl (C=O) groups is 1. The van der Waals surface area contributed by atoms with Gasteiger partial charge < -0.3 is 10.3 Å². The second-order valence-corrected chi connectivity index (χ2v) is 7.37. The molecule has 3 aromatic rings. The molecule has 1 aliphatic rings. The summed E-state index contributed by atoms with van der Waals surface area (Å²) in [6, 6.07) is 13.7. The third-order valence-corrected chi connectivity index (χ3v) is 5.33. The highest BCUT2D eigenvalue weighted by molar-refractivity contribution is 6.35. The highest BCUT2D eigenvalue weighted by Gasteiger charge is 2.30. The molecular formula is C20H18Cl2N2O. The highest BCUT2D eigenvalue weighted by Crippen LogP contribution is 2.36. The number of benzene rings is 2. The molecule has 0 bridgehead atoms. The summed E-state index contributed by atoms with van der Waals surface area (Å²) in [4.78, 5) is 15.5. The van der Waals surface area contributed by atoms with E-state index >= 15 is 0 Å². The quantitative estimate of drug-likeness (QED) is 0.640. The third-order valence-electron chi connectivity index (χ3n) is 4.76. The standard InChI is InChI=1S/C20H18Cl2N2O/c21-13-7-8-14(18(22)9-13)16(11-24-20(25)12-5-6-12)17-10-23-19-4-2-1-3-15(17)19/h1-4,7-10,12,16,23H,5-6,11H2,(H,24,25). The number of hydrogen-bond acceptors (Lipinski definition) is 1. The van der Waals surface area contributed by atoms with E-state index in [0.717, 1.165) is 34.9 Å². The van der Waals surface area contributed by atoms with Crippen LogP contribution in [0.15, 0.2) is 48.7 Å². The zero-order valence-electron chi connectivity index (χ0n) is 13.6. The Hall–Kier alpha value is -1.97. The summed E-state index contributed by atoms with van der Waals surface area (Å²) < 4.78 is 0. The van der Waals surface area contributed by atoms with Crippen molar-refractivity contribution in [2.45, 2.75) is 18.8 Å². The van der Waals surface area contributed by atoms with Crippen molar-refractivity contribution in [2.24, 2.45) is 5.92 Å². The van der Waals surface area contributed by atoms with Gasteiger partial charge in [0.05, 0.1) is 0 Å². The molecule has 4 rings (SSSR count). The first-order valence-electron chi connectivity index (χ1n) is 8.42. The molecule has 128 valence electrons. The van der Waals surface area contributed by atoms with Crippen molar-refractivity contribution < 1.29 is 4.79 Å². The number of H-pyrrole nitrogens is 1. The lowest BCUT2D eigenvalue weighted by Gasteiger charge is -2.19. The maximum atomic E-state index is 12.1. The van der Waals surface area contributed by atoms with Crippen molar-refractivity contribution in [3.63, 3.8) is 0 Å². The number of carbonyl (C=O) groups excluding carboxylic acids is 1. The Labute approximate surface area is 156 Å². The van der Waals surface area contributed by atoms with Crippen molar-refractivity contribution in [1.82, 2.24) is 10.3 Å². The normalized spacial score (nSPS) is 15.3. The number of rotatable bonds is 5. The lowest BCUT2D eigenvalue weighted by Crippen LogP contribution is -2.30. The van der Waals surface area contributed by atoms with Gasteiger partial charge in [-0.25, -0.2) is 0 Å². The summed E-state index contributed by atoms with van der Waals surface area (Å²) in [6.07, 6.45) is 3.99. The molecule has 1 amide bonds. The van der Waals surface area contributed by atoms with Crippen LogP contribution in [0.25, 0.3) is 10.9 Å². The molecule has 2 aromatic carbocycles. The number of aromatic nitrogens is 1. The average molecular weight is 373 g/mol. The van der Waals surface area contributed by atoms with Gasteiger partial charge in [-0.05, 0) is 42.2 Å². The minimum Gasteiger partial charge on any atom is -0.361 e. The SMILES string of the molecule is O=C(NCC(c1ccc(Cl)cc1Cl)c1c[nH]c2ccccc12)C1CC1. The molecule has 1 aliphatic carbocycles. The number of nitrogens with one attached hydrogen (secondary N) is 2. The lowest BCUT2D eigenvalue weighted by atomic mass is 9.90. The maximum Gasteiger partial charge on any atom is 0.223 e. The topological polar surface area (TPSA) is 44.9 Å². The van der Waals surface area contributed by atoms with Crippen LogP contribution in [0.2, 0.25) is 10.0 Å². The number of hydrogen-bond donors (Lipinski definition) is 2. The van der Waals surface area contributed by atoms with Crippen LogP contribution < -0.4 is 5.32 Å². The molecule has 0 radical (unpaired) electrons. The van der Waals surface area contributed by atoms with E-state index in [9.17, 15) is 4.79 Å². The average Bonchev–Trinajstić information content (AvgIpc) is 3.37. The van der Waals surface area contributed by atoms with E-state index in [-0.39, 0.29) is 17.7 Å².